The van der Waals surface area contributed by atoms with Crippen molar-refractivity contribution in [1.82, 2.24) is 9.05 Å². The molecule has 2 N–H and O–H groups in total. The molecule has 1 aromatic heterocycles. The molecule has 0 radical (unpaired) electrons. The Hall–Kier alpha value is -3.69. The number of amides is 2. The minimum atomic E-state index is -0.689. The highest BCUT2D eigenvalue weighted by atomic mass is 16.2. The molecule has 1 saturated heterocycles. The molecule has 1 aliphatic heterocycles. The number of hydrogen-bond acceptors (Lipinski definition) is 3. The third kappa shape index (κ3) is 2.93. The van der Waals surface area contributed by atoms with Crippen LogP contribution >= 0.6 is 0 Å². The van der Waals surface area contributed by atoms with E-state index >= 15 is 0 Å². The summed E-state index contributed by atoms with van der Waals surface area (Å²) < 4.78 is 1.72. The largest absolute Gasteiger partial charge is 0.364 e. The zero-order chi connectivity index (χ0) is 20.4. The van der Waals surface area contributed by atoms with Gasteiger partial charge in [0.15, 0.2) is 11.7 Å². The van der Waals surface area contributed by atoms with Crippen molar-refractivity contribution in [2.75, 3.05) is 6.54 Å². The quantitative estimate of drug-likeness (QED) is 0.700. The number of carbonyl (C=O) groups is 2. The summed E-state index contributed by atoms with van der Waals surface area (Å²) in [7, 11) is 0. The fraction of sp³-hybridized carbons (Fsp3) is 0.174. The molecular formula is C23H21N4O2+. The Morgan fingerprint density at radius 2 is 1.72 bits per heavy atom. The second-order valence-electron chi connectivity index (χ2n) is 7.19. The molecule has 2 amide bonds. The number of rotatable bonds is 4. The Morgan fingerprint density at radius 1 is 1.03 bits per heavy atom. The van der Waals surface area contributed by atoms with E-state index in [4.69, 9.17) is 5.73 Å². The molecule has 2 atom stereocenters. The van der Waals surface area contributed by atoms with E-state index in [0.29, 0.717) is 36.2 Å². The summed E-state index contributed by atoms with van der Waals surface area (Å²) in [5.74, 6) is -0.782. The van der Waals surface area contributed by atoms with E-state index in [9.17, 15) is 14.9 Å². The fourth-order valence-electron chi connectivity index (χ4n) is 4.41. The number of nitrogens with two attached hydrogens (primary N) is 1. The van der Waals surface area contributed by atoms with E-state index in [0.717, 1.165) is 5.69 Å². The van der Waals surface area contributed by atoms with Crippen molar-refractivity contribution in [3.63, 3.8) is 0 Å². The van der Waals surface area contributed by atoms with E-state index in [1.807, 2.05) is 53.4 Å². The molecule has 0 saturated carbocycles. The topological polar surface area (TPSA) is 88.9 Å². The van der Waals surface area contributed by atoms with Crippen LogP contribution in [0.5, 0.6) is 0 Å². The molecule has 6 heteroatoms. The van der Waals surface area contributed by atoms with E-state index in [-0.39, 0.29) is 10.4 Å². The number of nitrogens with zero attached hydrogens (tertiary/aromatic N) is 3. The first-order chi connectivity index (χ1) is 14.1. The van der Waals surface area contributed by atoms with Crippen molar-refractivity contribution in [1.29, 1.82) is 5.26 Å². The smallest absolute Gasteiger partial charge is 0.352 e. The molecule has 0 aliphatic carbocycles. The number of nitriles is 1. The highest BCUT2D eigenvalue weighted by Gasteiger charge is 2.54. The van der Waals surface area contributed by atoms with Gasteiger partial charge in [-0.2, -0.15) is 5.26 Å². The van der Waals surface area contributed by atoms with Crippen LogP contribution in [0.25, 0.3) is 5.69 Å². The van der Waals surface area contributed by atoms with Crippen molar-refractivity contribution in [3.05, 3.63) is 84.2 Å². The Bertz CT molecular complexity index is 1110. The van der Waals surface area contributed by atoms with Gasteiger partial charge >= 0.3 is 5.91 Å². The van der Waals surface area contributed by atoms with Gasteiger partial charge in [-0.15, -0.1) is 0 Å². The van der Waals surface area contributed by atoms with Crippen LogP contribution in [0.1, 0.15) is 28.8 Å². The average Bonchev–Trinajstić information content (AvgIpc) is 3.44. The monoisotopic (exact) mass is 385 g/mol. The molecule has 1 aliphatic rings. The fourth-order valence-corrected chi connectivity index (χ4v) is 4.41. The zero-order valence-corrected chi connectivity index (χ0v) is 15.9. The van der Waals surface area contributed by atoms with Crippen LogP contribution < -0.4 is 10.2 Å². The third-order valence-electron chi connectivity index (χ3n) is 5.68. The number of aromatic nitrogens is 1. The summed E-state index contributed by atoms with van der Waals surface area (Å²) >= 11 is 0. The van der Waals surface area contributed by atoms with E-state index in [1.54, 1.807) is 24.3 Å². The summed E-state index contributed by atoms with van der Waals surface area (Å²) in [6.07, 6.45) is 5.01. The summed E-state index contributed by atoms with van der Waals surface area (Å²) in [5.41, 5.74) is 7.92. The number of hydrogen-bond donors (Lipinski definition) is 1. The lowest BCUT2D eigenvalue weighted by Gasteiger charge is -2.36. The first-order valence-electron chi connectivity index (χ1n) is 9.53. The van der Waals surface area contributed by atoms with Gasteiger partial charge in [-0.3, -0.25) is 4.79 Å². The minimum absolute atomic E-state index is 0.206. The highest BCUT2D eigenvalue weighted by molar-refractivity contribution is 6.08. The Balaban J connectivity index is 1.99. The maximum Gasteiger partial charge on any atom is 0.352 e. The summed E-state index contributed by atoms with van der Waals surface area (Å²) in [4.78, 5) is 26.5. The SMILES string of the molecule is N#Cc1ccccc1C(=O)[N+]1(c2ccccc2-n2cccc2)CCC[C@H]1C(N)=O. The normalized spacial score (nSPS) is 20.9. The van der Waals surface area contributed by atoms with Crippen LogP contribution in [-0.4, -0.2) is 29.0 Å². The van der Waals surface area contributed by atoms with Crippen molar-refractivity contribution >= 4 is 17.5 Å². The van der Waals surface area contributed by atoms with Crippen molar-refractivity contribution in [2.24, 2.45) is 5.73 Å². The molecule has 2 aromatic carbocycles. The summed E-state index contributed by atoms with van der Waals surface area (Å²) in [6.45, 7) is 0.449. The van der Waals surface area contributed by atoms with Gasteiger partial charge in [0.2, 0.25) is 0 Å². The first-order valence-corrected chi connectivity index (χ1v) is 9.53. The molecule has 0 bridgehead atoms. The van der Waals surface area contributed by atoms with Crippen molar-refractivity contribution < 1.29 is 9.59 Å². The van der Waals surface area contributed by atoms with Gasteiger partial charge < -0.3 is 10.3 Å². The Kier molecular flexibility index (Phi) is 4.75. The predicted octanol–water partition coefficient (Wildman–Crippen LogP) is 3.14. The number of quaternary nitrogens is 1. The van der Waals surface area contributed by atoms with Crippen LogP contribution in [0.4, 0.5) is 5.69 Å². The maximum atomic E-state index is 14.0. The molecular weight excluding hydrogens is 364 g/mol. The van der Waals surface area contributed by atoms with E-state index in [1.165, 1.54) is 0 Å². The molecule has 0 spiro atoms. The summed E-state index contributed by atoms with van der Waals surface area (Å²) in [6, 6.07) is 19.5. The molecule has 29 heavy (non-hydrogen) atoms. The molecule has 4 rings (SSSR count). The van der Waals surface area contributed by atoms with Gasteiger partial charge in [-0.05, 0) is 30.3 Å². The average molecular weight is 385 g/mol. The maximum absolute atomic E-state index is 14.0. The first kappa shape index (κ1) is 18.7. The lowest BCUT2D eigenvalue weighted by molar-refractivity contribution is -0.121. The minimum Gasteiger partial charge on any atom is -0.364 e. The molecule has 3 aromatic rings. The Morgan fingerprint density at radius 3 is 2.45 bits per heavy atom. The lowest BCUT2D eigenvalue weighted by Crippen LogP contribution is -2.62. The van der Waals surface area contributed by atoms with E-state index in [2.05, 4.69) is 6.07 Å². The number of likely N-dealkylation sites (tertiary alicyclic amines) is 1. The van der Waals surface area contributed by atoms with Gasteiger partial charge in [0.25, 0.3) is 5.91 Å². The van der Waals surface area contributed by atoms with Gasteiger partial charge in [0.1, 0.15) is 11.8 Å². The molecule has 1 fully saturated rings. The van der Waals surface area contributed by atoms with Crippen LogP contribution in [0, 0.1) is 11.3 Å². The van der Waals surface area contributed by atoms with Crippen LogP contribution in [0.3, 0.4) is 0 Å². The number of para-hydroxylation sites is 2. The van der Waals surface area contributed by atoms with Gasteiger partial charge in [-0.25, -0.2) is 9.28 Å². The Labute approximate surface area is 169 Å². The van der Waals surface area contributed by atoms with Gasteiger partial charge in [0, 0.05) is 31.3 Å². The zero-order valence-electron chi connectivity index (χ0n) is 15.9. The number of primary amides is 1. The lowest BCUT2D eigenvalue weighted by atomic mass is 10.0. The van der Waals surface area contributed by atoms with Crippen molar-refractivity contribution in [2.45, 2.75) is 18.9 Å². The third-order valence-corrected chi connectivity index (χ3v) is 5.68. The molecule has 1 unspecified atom stereocenters. The van der Waals surface area contributed by atoms with Crippen LogP contribution in [-0.2, 0) is 4.79 Å². The number of benzene rings is 2. The predicted molar refractivity (Wildman–Crippen MR) is 110 cm³/mol. The van der Waals surface area contributed by atoms with Gasteiger partial charge in [-0.1, -0.05) is 24.3 Å². The van der Waals surface area contributed by atoms with Crippen molar-refractivity contribution in [3.8, 4) is 11.8 Å². The molecule has 6 nitrogen and oxygen atoms in total. The van der Waals surface area contributed by atoms with Gasteiger partial charge in [0.05, 0.1) is 17.7 Å². The van der Waals surface area contributed by atoms with E-state index < -0.39 is 11.9 Å². The highest BCUT2D eigenvalue weighted by Crippen LogP contribution is 2.40. The standard InChI is InChI=1S/C23H20N4O2/c24-16-17-8-1-2-9-18(17)23(29)27(15-7-12-21(27)22(25)28)20-11-4-3-10-19(20)26-13-5-6-14-26/h1-6,8-11,13-14,21H,7,12,15H2,(H-,25,28)/p+1/t21-,27?/m0/s1. The molecule has 2 heterocycles. The van der Waals surface area contributed by atoms with Crippen LogP contribution in [0.2, 0.25) is 0 Å². The second kappa shape index (κ2) is 7.38. The molecule has 144 valence electrons. The van der Waals surface area contributed by atoms with Crippen LogP contribution in [0.15, 0.2) is 73.1 Å². The number of carbonyl (C=O) groups excluding carboxylic acids is 2. The summed E-state index contributed by atoms with van der Waals surface area (Å²) in [5, 5.41) is 9.54. The second-order valence-corrected chi connectivity index (χ2v) is 7.19.